The third-order valence-corrected chi connectivity index (χ3v) is 3.75. The Morgan fingerprint density at radius 1 is 1.35 bits per heavy atom. The molecule has 0 radical (unpaired) electrons. The predicted molar refractivity (Wildman–Crippen MR) is 68.8 cm³/mol. The van der Waals surface area contributed by atoms with Crippen LogP contribution in [0.2, 0.25) is 0 Å². The normalized spacial score (nSPS) is 13.2. The fraction of sp³-hybridized carbons (Fsp3) is 0.333. The van der Waals surface area contributed by atoms with Crippen molar-refractivity contribution in [2.75, 3.05) is 14.2 Å². The first-order valence-corrected chi connectivity index (χ1v) is 6.48. The number of aromatic nitrogens is 2. The molecule has 4 nitrogen and oxygen atoms in total. The summed E-state index contributed by atoms with van der Waals surface area (Å²) in [6.07, 6.45) is -1.65. The summed E-state index contributed by atoms with van der Waals surface area (Å²) in [5.74, 6) is 0.369. The van der Waals surface area contributed by atoms with Gasteiger partial charge in [-0.3, -0.25) is 0 Å². The van der Waals surface area contributed by atoms with Crippen LogP contribution in [0.15, 0.2) is 24.5 Å². The van der Waals surface area contributed by atoms with Crippen LogP contribution in [0, 0.1) is 0 Å². The second kappa shape index (κ2) is 5.76. The molecule has 1 N–H and O–H groups in total. The number of halogens is 3. The van der Waals surface area contributed by atoms with Gasteiger partial charge in [0.15, 0.2) is 5.01 Å². The molecule has 2 aromatic rings. The highest BCUT2D eigenvalue weighted by atomic mass is 32.1. The molecule has 0 aliphatic heterocycles. The van der Waals surface area contributed by atoms with Gasteiger partial charge in [-0.05, 0) is 13.1 Å². The summed E-state index contributed by atoms with van der Waals surface area (Å²) >= 11 is 0.605. The Morgan fingerprint density at radius 3 is 2.65 bits per heavy atom. The molecule has 8 heteroatoms. The van der Waals surface area contributed by atoms with Crippen LogP contribution in [0.3, 0.4) is 0 Å². The molecule has 20 heavy (non-hydrogen) atoms. The van der Waals surface area contributed by atoms with Gasteiger partial charge in [0.2, 0.25) is 5.88 Å². The van der Waals surface area contributed by atoms with E-state index in [1.165, 1.54) is 13.3 Å². The van der Waals surface area contributed by atoms with E-state index in [4.69, 9.17) is 4.74 Å². The summed E-state index contributed by atoms with van der Waals surface area (Å²) in [4.78, 5) is 7.93. The van der Waals surface area contributed by atoms with Gasteiger partial charge in [-0.1, -0.05) is 6.07 Å². The molecule has 0 spiro atoms. The van der Waals surface area contributed by atoms with Crippen LogP contribution < -0.4 is 10.1 Å². The van der Waals surface area contributed by atoms with Crippen LogP contribution in [-0.4, -0.2) is 24.1 Å². The van der Waals surface area contributed by atoms with Gasteiger partial charge in [-0.25, -0.2) is 9.97 Å². The zero-order chi connectivity index (χ0) is 14.8. The third-order valence-electron chi connectivity index (χ3n) is 2.64. The van der Waals surface area contributed by atoms with E-state index in [0.717, 1.165) is 0 Å². The van der Waals surface area contributed by atoms with E-state index < -0.39 is 17.2 Å². The van der Waals surface area contributed by atoms with E-state index in [2.05, 4.69) is 15.3 Å². The van der Waals surface area contributed by atoms with Gasteiger partial charge in [0, 0.05) is 22.8 Å². The Kier molecular flexibility index (Phi) is 4.24. The SMILES string of the molecule is CNC(c1cnc(C(F)(F)F)s1)c1cccnc1OC. The lowest BCUT2D eigenvalue weighted by atomic mass is 10.1. The molecular formula is C12H12F3N3OS. The van der Waals surface area contributed by atoms with Gasteiger partial charge in [0.25, 0.3) is 0 Å². The maximum absolute atomic E-state index is 12.6. The van der Waals surface area contributed by atoms with Crippen LogP contribution in [0.4, 0.5) is 13.2 Å². The topological polar surface area (TPSA) is 47.0 Å². The quantitative estimate of drug-likeness (QED) is 0.943. The molecule has 0 amide bonds. The lowest BCUT2D eigenvalue weighted by Crippen LogP contribution is -2.17. The van der Waals surface area contributed by atoms with Crippen molar-refractivity contribution in [2.24, 2.45) is 0 Å². The molecule has 2 heterocycles. The van der Waals surface area contributed by atoms with Crippen LogP contribution in [0.25, 0.3) is 0 Å². The van der Waals surface area contributed by atoms with E-state index in [1.807, 2.05) is 0 Å². The van der Waals surface area contributed by atoms with Crippen molar-refractivity contribution >= 4 is 11.3 Å². The number of hydrogen-bond acceptors (Lipinski definition) is 5. The molecule has 0 saturated heterocycles. The summed E-state index contributed by atoms with van der Waals surface area (Å²) in [5.41, 5.74) is 0.662. The fourth-order valence-electron chi connectivity index (χ4n) is 1.80. The minimum atomic E-state index is -4.43. The molecule has 2 aromatic heterocycles. The number of rotatable bonds is 4. The maximum Gasteiger partial charge on any atom is 0.443 e. The lowest BCUT2D eigenvalue weighted by molar-refractivity contribution is -0.137. The minimum absolute atomic E-state index is 0.369. The summed E-state index contributed by atoms with van der Waals surface area (Å²) in [6.45, 7) is 0. The van der Waals surface area contributed by atoms with Gasteiger partial charge >= 0.3 is 6.18 Å². The van der Waals surface area contributed by atoms with Crippen LogP contribution in [0.5, 0.6) is 5.88 Å². The van der Waals surface area contributed by atoms with E-state index in [1.54, 1.807) is 25.4 Å². The van der Waals surface area contributed by atoms with Gasteiger partial charge in [0.05, 0.1) is 13.2 Å². The van der Waals surface area contributed by atoms with Crippen LogP contribution in [0.1, 0.15) is 21.5 Å². The van der Waals surface area contributed by atoms with Crippen molar-refractivity contribution in [1.82, 2.24) is 15.3 Å². The molecule has 108 valence electrons. The molecule has 0 saturated carbocycles. The highest BCUT2D eigenvalue weighted by Crippen LogP contribution is 2.37. The van der Waals surface area contributed by atoms with Gasteiger partial charge < -0.3 is 10.1 Å². The summed E-state index contributed by atoms with van der Waals surface area (Å²) in [5, 5.41) is 2.09. The van der Waals surface area contributed by atoms with Crippen molar-refractivity contribution in [2.45, 2.75) is 12.2 Å². The zero-order valence-corrected chi connectivity index (χ0v) is 11.5. The average molecular weight is 303 g/mol. The molecule has 1 unspecified atom stereocenters. The number of nitrogens with zero attached hydrogens (tertiary/aromatic N) is 2. The standard InChI is InChI=1S/C12H12F3N3OS/c1-16-9(7-4-3-5-17-10(7)19-2)8-6-18-11(20-8)12(13,14)15/h3-6,9,16H,1-2H3. The van der Waals surface area contributed by atoms with E-state index in [0.29, 0.717) is 27.7 Å². The maximum atomic E-state index is 12.6. The number of methoxy groups -OCH3 is 1. The Labute approximate surface area is 117 Å². The average Bonchev–Trinajstić information content (AvgIpc) is 2.90. The number of nitrogens with one attached hydrogen (secondary N) is 1. The number of hydrogen-bond donors (Lipinski definition) is 1. The van der Waals surface area contributed by atoms with Crippen molar-refractivity contribution < 1.29 is 17.9 Å². The molecule has 0 aliphatic carbocycles. The first kappa shape index (κ1) is 14.7. The molecule has 0 aliphatic rings. The lowest BCUT2D eigenvalue weighted by Gasteiger charge is -2.16. The van der Waals surface area contributed by atoms with Crippen LogP contribution >= 0.6 is 11.3 Å². The highest BCUT2D eigenvalue weighted by Gasteiger charge is 2.35. The summed E-state index contributed by atoms with van der Waals surface area (Å²) in [6, 6.07) is 3.00. The van der Waals surface area contributed by atoms with Crippen molar-refractivity contribution in [3.63, 3.8) is 0 Å². The highest BCUT2D eigenvalue weighted by molar-refractivity contribution is 7.11. The number of ether oxygens (including phenoxy) is 1. The van der Waals surface area contributed by atoms with Crippen molar-refractivity contribution in [3.05, 3.63) is 40.0 Å². The van der Waals surface area contributed by atoms with Gasteiger partial charge in [-0.15, -0.1) is 11.3 Å². The second-order valence-electron chi connectivity index (χ2n) is 3.89. The smallest absolute Gasteiger partial charge is 0.443 e. The number of thiazole rings is 1. The first-order valence-electron chi connectivity index (χ1n) is 5.66. The summed E-state index contributed by atoms with van der Waals surface area (Å²) < 4.78 is 43.0. The summed E-state index contributed by atoms with van der Waals surface area (Å²) in [7, 11) is 3.12. The van der Waals surface area contributed by atoms with E-state index in [-0.39, 0.29) is 0 Å². The molecule has 0 aromatic carbocycles. The largest absolute Gasteiger partial charge is 0.481 e. The first-order chi connectivity index (χ1) is 9.47. The van der Waals surface area contributed by atoms with E-state index >= 15 is 0 Å². The monoisotopic (exact) mass is 303 g/mol. The van der Waals surface area contributed by atoms with Crippen LogP contribution in [-0.2, 0) is 6.18 Å². The van der Waals surface area contributed by atoms with Crippen molar-refractivity contribution in [3.8, 4) is 5.88 Å². The Hall–Kier alpha value is -1.67. The minimum Gasteiger partial charge on any atom is -0.481 e. The number of alkyl halides is 3. The third kappa shape index (κ3) is 2.91. The number of pyridine rings is 1. The van der Waals surface area contributed by atoms with Crippen molar-refractivity contribution in [1.29, 1.82) is 0 Å². The Morgan fingerprint density at radius 2 is 2.10 bits per heavy atom. The molecule has 0 fully saturated rings. The van der Waals surface area contributed by atoms with Gasteiger partial charge in [0.1, 0.15) is 0 Å². The fourth-order valence-corrected chi connectivity index (χ4v) is 2.71. The Bertz CT molecular complexity index is 585. The van der Waals surface area contributed by atoms with Gasteiger partial charge in [-0.2, -0.15) is 13.2 Å². The molecule has 2 rings (SSSR count). The second-order valence-corrected chi connectivity index (χ2v) is 4.95. The Balaban J connectivity index is 2.40. The van der Waals surface area contributed by atoms with E-state index in [9.17, 15) is 13.2 Å². The zero-order valence-electron chi connectivity index (χ0n) is 10.7. The molecule has 0 bridgehead atoms. The molecule has 1 atom stereocenters. The predicted octanol–water partition coefficient (Wildman–Crippen LogP) is 2.87. The molecular weight excluding hydrogens is 291 g/mol.